The van der Waals surface area contributed by atoms with Crippen LogP contribution in [0.1, 0.15) is 96.2 Å². The van der Waals surface area contributed by atoms with E-state index in [1.54, 1.807) is 18.3 Å². The Morgan fingerprint density at radius 3 is 0.593 bits per heavy atom. The lowest BCUT2D eigenvalue weighted by molar-refractivity contribution is -0.142. The Kier molecular flexibility index (Phi) is 22.3. The average molecular weight is 1450 g/mol. The Morgan fingerprint density at radius 1 is 0.259 bits per heavy atom. The van der Waals surface area contributed by atoms with Crippen molar-refractivity contribution in [2.45, 2.75) is 75.5 Å². The summed E-state index contributed by atoms with van der Waals surface area (Å²) < 4.78 is 6.91. The van der Waals surface area contributed by atoms with Crippen LogP contribution < -0.4 is 21.3 Å². The molecule has 0 spiro atoms. The number of nitrogens with zero attached hydrogens (tertiary/aromatic N) is 6. The number of rotatable bonds is 34. The number of aliphatic carboxylic acids is 4. The maximum absolute atomic E-state index is 14.7. The molecule has 4 atom stereocenters. The molecule has 24 nitrogen and oxygen atoms in total. The van der Waals surface area contributed by atoms with Crippen LogP contribution in [-0.2, 0) is 38.4 Å². The van der Waals surface area contributed by atoms with Gasteiger partial charge in [-0.2, -0.15) is 0 Å². The molecule has 9 aromatic carbocycles. The molecule has 4 aromatic heterocycles. The predicted octanol–water partition coefficient (Wildman–Crippen LogP) is 11.9. The molecule has 0 bridgehead atoms. The summed E-state index contributed by atoms with van der Waals surface area (Å²) in [5.41, 5.74) is 5.83. The Balaban J connectivity index is 0.695. The number of carboxylic acids is 4. The lowest BCUT2D eigenvalue weighted by Crippen LogP contribution is -2.43. The van der Waals surface area contributed by atoms with Gasteiger partial charge in [-0.15, -0.1) is 0 Å². The van der Waals surface area contributed by atoms with E-state index in [-0.39, 0.29) is 115 Å². The van der Waals surface area contributed by atoms with Crippen molar-refractivity contribution in [1.82, 2.24) is 49.3 Å². The fraction of sp³-hybridized carbons (Fsp3) is 0.238. The van der Waals surface area contributed by atoms with E-state index in [4.69, 9.17) is 0 Å². The molecule has 0 radical (unpaired) electrons. The zero-order valence-corrected chi connectivity index (χ0v) is 59.0. The number of carbonyl (C=O) groups excluding carboxylic acids is 6. The van der Waals surface area contributed by atoms with Crippen LogP contribution in [0.15, 0.2) is 218 Å². The minimum Gasteiger partial charge on any atom is -0.480 e. The van der Waals surface area contributed by atoms with Crippen molar-refractivity contribution in [3.05, 3.63) is 230 Å². The smallest absolute Gasteiger partial charge is 0.326 e. The van der Waals surface area contributed by atoms with E-state index in [1.165, 1.54) is 34.1 Å². The molecule has 0 aliphatic heterocycles. The molecule has 8 N–H and O–H groups in total. The largest absolute Gasteiger partial charge is 0.480 e. The summed E-state index contributed by atoms with van der Waals surface area (Å²) in [5, 5.41) is 60.6. The van der Waals surface area contributed by atoms with Gasteiger partial charge in [0.25, 0.3) is 11.8 Å². The van der Waals surface area contributed by atoms with Crippen molar-refractivity contribution in [2.24, 2.45) is 0 Å². The number of aromatic nitrogens is 4. The molecule has 0 unspecified atom stereocenters. The molecule has 550 valence electrons. The molecule has 4 heterocycles. The van der Waals surface area contributed by atoms with Crippen LogP contribution in [0.3, 0.4) is 0 Å². The number of benzene rings is 9. The standard InChI is InChI=1S/C84H80N10O14/c95-75(41-37-71(81(101)102)91-63-25-9-1-17-55(63)56-18-2-10-26-64(56)91)85-45-49-89(50-46-86-76(96)42-38-72(82(103)104)92-65-27-11-3-19-57(65)58-20-4-12-28-66(58)92)79(99)53-33-35-54(36-34-53)80(100)90(51-47-87-77(97)43-39-73(83(105)106)93-67-29-13-5-21-59(67)60-22-6-14-30-68(60)93)52-48-88-78(98)44-40-74(84(107)108)94-69-31-15-7-23-61(69)62-24-8-16-32-70(62)94/h1-36,71-74H,37-52H2,(H,85,95)(H,86,96)(H,87,97)(H,88,98)(H,101,102)(H,103,104)(H,105,106)(H,107,108)/t71-,72-,73-,74-/m0/s1. The summed E-state index contributed by atoms with van der Waals surface area (Å²) in [7, 11) is 0. The molecule has 0 aliphatic carbocycles. The van der Waals surface area contributed by atoms with E-state index in [0.29, 0.717) is 44.1 Å². The lowest BCUT2D eigenvalue weighted by Gasteiger charge is -2.25. The molecular formula is C84H80N10O14. The lowest BCUT2D eigenvalue weighted by atomic mass is 10.1. The van der Waals surface area contributed by atoms with E-state index < -0.39 is 83.5 Å². The van der Waals surface area contributed by atoms with Crippen molar-refractivity contribution in [1.29, 1.82) is 0 Å². The van der Waals surface area contributed by atoms with Crippen molar-refractivity contribution >= 4 is 147 Å². The van der Waals surface area contributed by atoms with Crippen LogP contribution in [0.2, 0.25) is 0 Å². The monoisotopic (exact) mass is 1450 g/mol. The maximum Gasteiger partial charge on any atom is 0.326 e. The summed E-state index contributed by atoms with van der Waals surface area (Å²) in [4.78, 5) is 139. The van der Waals surface area contributed by atoms with Crippen LogP contribution in [0.4, 0.5) is 0 Å². The van der Waals surface area contributed by atoms with Gasteiger partial charge in [0.15, 0.2) is 0 Å². The van der Waals surface area contributed by atoms with Gasteiger partial charge >= 0.3 is 23.9 Å². The van der Waals surface area contributed by atoms with E-state index >= 15 is 0 Å². The second kappa shape index (κ2) is 32.9. The van der Waals surface area contributed by atoms with Gasteiger partial charge in [0, 0.05) is 176 Å². The molecule has 0 fully saturated rings. The third-order valence-electron chi connectivity index (χ3n) is 20.2. The SMILES string of the molecule is O=C(CC[C@@H](C(=O)O)n1c2ccccc2c2ccccc21)NCCN(CCNC(=O)CC[C@@H](C(=O)O)n1c2ccccc2c2ccccc21)C(=O)c1ccc(C(=O)N(CCNC(=O)CC[C@@H](C(=O)O)n2c3ccccc3c3ccccc32)CCNC(=O)CC[C@@H](C(=O)O)n2c3ccccc3c3ccccc32)cc1. The van der Waals surface area contributed by atoms with Gasteiger partial charge in [0.05, 0.1) is 0 Å². The normalized spacial score (nSPS) is 12.7. The Hall–Kier alpha value is -13.1. The highest BCUT2D eigenvalue weighted by atomic mass is 16.4. The number of nitrogens with one attached hydrogen (secondary N) is 4. The average Bonchev–Trinajstić information content (AvgIpc) is 1.63. The minimum atomic E-state index is -1.12. The predicted molar refractivity (Wildman–Crippen MR) is 412 cm³/mol. The highest BCUT2D eigenvalue weighted by molar-refractivity contribution is 6.12. The molecule has 0 saturated carbocycles. The number of para-hydroxylation sites is 8. The number of fused-ring (bicyclic) bond motifs is 12. The Labute approximate surface area is 618 Å². The zero-order valence-electron chi connectivity index (χ0n) is 59.0. The fourth-order valence-electron chi connectivity index (χ4n) is 15.1. The van der Waals surface area contributed by atoms with Crippen LogP contribution in [0.25, 0.3) is 87.2 Å². The number of hydrogen-bond acceptors (Lipinski definition) is 10. The summed E-state index contributed by atoms with van der Waals surface area (Å²) in [6, 6.07) is 60.9. The molecule has 0 saturated heterocycles. The Morgan fingerprint density at radius 2 is 0.426 bits per heavy atom. The molecule has 13 rings (SSSR count). The summed E-state index contributed by atoms with van der Waals surface area (Å²) >= 11 is 0. The molecular weight excluding hydrogens is 1370 g/mol. The van der Waals surface area contributed by atoms with Crippen LogP contribution >= 0.6 is 0 Å². The fourth-order valence-corrected chi connectivity index (χ4v) is 15.1. The quantitative estimate of drug-likeness (QED) is 0.0186. The summed E-state index contributed by atoms with van der Waals surface area (Å²) in [5.74, 6) is -7.51. The van der Waals surface area contributed by atoms with Gasteiger partial charge < -0.3 is 69.8 Å². The summed E-state index contributed by atoms with van der Waals surface area (Å²) in [6.07, 6.45) is -1.01. The highest BCUT2D eigenvalue weighted by Crippen LogP contribution is 2.38. The molecule has 13 aromatic rings. The number of amides is 6. The van der Waals surface area contributed by atoms with Crippen molar-refractivity contribution < 1.29 is 68.4 Å². The second-order valence-electron chi connectivity index (χ2n) is 26.7. The minimum absolute atomic E-state index is 0.0652. The van der Waals surface area contributed by atoms with E-state index in [9.17, 15) is 68.4 Å². The van der Waals surface area contributed by atoms with E-state index in [2.05, 4.69) is 21.3 Å². The number of hydrogen-bond donors (Lipinski definition) is 8. The first-order chi connectivity index (χ1) is 52.4. The van der Waals surface area contributed by atoms with Crippen molar-refractivity contribution in [3.63, 3.8) is 0 Å². The van der Waals surface area contributed by atoms with Gasteiger partial charge in [0.1, 0.15) is 24.2 Å². The van der Waals surface area contributed by atoms with Crippen LogP contribution in [0.5, 0.6) is 0 Å². The first-order valence-electron chi connectivity index (χ1n) is 36.0. The summed E-state index contributed by atoms with van der Waals surface area (Å²) in [6.45, 7) is -0.733. The van der Waals surface area contributed by atoms with Gasteiger partial charge in [-0.1, -0.05) is 146 Å². The third kappa shape index (κ3) is 15.5. The van der Waals surface area contributed by atoms with E-state index in [1.807, 2.05) is 194 Å². The van der Waals surface area contributed by atoms with Gasteiger partial charge in [0.2, 0.25) is 23.6 Å². The van der Waals surface area contributed by atoms with Crippen LogP contribution in [0, 0.1) is 0 Å². The first-order valence-corrected chi connectivity index (χ1v) is 36.0. The second-order valence-corrected chi connectivity index (χ2v) is 26.7. The number of carboxylic acid groups (broad SMARTS) is 4. The number of carbonyl (C=O) groups is 10. The molecule has 108 heavy (non-hydrogen) atoms. The molecule has 0 aliphatic rings. The van der Waals surface area contributed by atoms with E-state index in [0.717, 1.165) is 43.1 Å². The topological polar surface area (TPSA) is 326 Å². The van der Waals surface area contributed by atoms with Gasteiger partial charge in [-0.25, -0.2) is 19.2 Å². The molecule has 6 amide bonds. The van der Waals surface area contributed by atoms with Gasteiger partial charge in [-0.3, -0.25) is 28.8 Å². The Bertz CT molecular complexity index is 4760. The highest BCUT2D eigenvalue weighted by Gasteiger charge is 2.31. The first kappa shape index (κ1) is 73.2. The van der Waals surface area contributed by atoms with Crippen molar-refractivity contribution in [2.75, 3.05) is 52.4 Å². The van der Waals surface area contributed by atoms with Gasteiger partial charge in [-0.05, 0) is 98.5 Å². The third-order valence-corrected chi connectivity index (χ3v) is 20.2. The zero-order chi connectivity index (χ0) is 75.5. The maximum atomic E-state index is 14.7. The molecule has 24 heteroatoms. The van der Waals surface area contributed by atoms with Crippen LogP contribution in [-0.4, -0.2) is 160 Å². The van der Waals surface area contributed by atoms with Crippen molar-refractivity contribution in [3.8, 4) is 0 Å².